The summed E-state index contributed by atoms with van der Waals surface area (Å²) in [5.41, 5.74) is 2.49. The van der Waals surface area contributed by atoms with Crippen molar-refractivity contribution in [3.63, 3.8) is 0 Å². The van der Waals surface area contributed by atoms with Gasteiger partial charge in [-0.15, -0.1) is 0 Å². The van der Waals surface area contributed by atoms with Crippen molar-refractivity contribution in [3.05, 3.63) is 77.1 Å². The highest BCUT2D eigenvalue weighted by atomic mass is 35.5. The number of hydrogen-bond donors (Lipinski definition) is 1. The third-order valence-corrected chi connectivity index (χ3v) is 4.70. The monoisotopic (exact) mass is 392 g/mol. The predicted molar refractivity (Wildman–Crippen MR) is 110 cm³/mol. The van der Waals surface area contributed by atoms with Crippen LogP contribution >= 0.6 is 11.6 Å². The minimum atomic E-state index is -0.301. The topological polar surface area (TPSA) is 69.0 Å². The Bertz CT molecular complexity index is 1190. The fourth-order valence-corrected chi connectivity index (χ4v) is 3.18. The highest BCUT2D eigenvalue weighted by molar-refractivity contribution is 6.31. The van der Waals surface area contributed by atoms with Crippen molar-refractivity contribution in [2.45, 2.75) is 6.92 Å². The number of para-hydroxylation sites is 1. The quantitative estimate of drug-likeness (QED) is 0.549. The third-order valence-electron chi connectivity index (χ3n) is 4.46. The first-order valence-electron chi connectivity index (χ1n) is 8.62. The van der Waals surface area contributed by atoms with Crippen LogP contribution in [0, 0.1) is 6.92 Å². The van der Waals surface area contributed by atoms with Crippen LogP contribution in [0.25, 0.3) is 16.7 Å². The van der Waals surface area contributed by atoms with E-state index in [2.05, 4.69) is 15.4 Å². The van der Waals surface area contributed by atoms with E-state index < -0.39 is 0 Å². The smallest absolute Gasteiger partial charge is 0.259 e. The van der Waals surface area contributed by atoms with Gasteiger partial charge in [0.1, 0.15) is 5.75 Å². The average Bonchev–Trinajstić information content (AvgIpc) is 3.09. The molecule has 140 valence electrons. The molecule has 0 atom stereocenters. The maximum atomic E-state index is 12.8. The Balaban J connectivity index is 1.66. The molecule has 1 amide bonds. The van der Waals surface area contributed by atoms with Crippen molar-refractivity contribution in [2.24, 2.45) is 0 Å². The molecule has 1 N–H and O–H groups in total. The molecular weight excluding hydrogens is 376 g/mol. The van der Waals surface area contributed by atoms with Crippen LogP contribution in [0.1, 0.15) is 16.1 Å². The molecule has 28 heavy (non-hydrogen) atoms. The van der Waals surface area contributed by atoms with Gasteiger partial charge in [0, 0.05) is 10.4 Å². The van der Waals surface area contributed by atoms with Crippen molar-refractivity contribution < 1.29 is 9.53 Å². The molecular formula is C21H17ClN4O2. The Hall–Kier alpha value is -3.38. The van der Waals surface area contributed by atoms with Crippen molar-refractivity contribution in [3.8, 4) is 11.6 Å². The number of fused-ring (bicyclic) bond motifs is 1. The van der Waals surface area contributed by atoms with E-state index in [1.165, 1.54) is 13.3 Å². The predicted octanol–water partition coefficient (Wildman–Crippen LogP) is 4.64. The first-order valence-corrected chi connectivity index (χ1v) is 9.00. The zero-order valence-corrected chi connectivity index (χ0v) is 16.1. The van der Waals surface area contributed by atoms with Crippen molar-refractivity contribution in [1.82, 2.24) is 14.8 Å². The van der Waals surface area contributed by atoms with E-state index in [4.69, 9.17) is 16.3 Å². The van der Waals surface area contributed by atoms with Gasteiger partial charge in [-0.05, 0) is 43.3 Å². The number of pyridine rings is 1. The first kappa shape index (κ1) is 18.0. The molecule has 0 bridgehead atoms. The number of methoxy groups -OCH3 is 1. The summed E-state index contributed by atoms with van der Waals surface area (Å²) in [6, 6.07) is 16.7. The molecule has 2 heterocycles. The second-order valence-corrected chi connectivity index (χ2v) is 6.65. The molecule has 2 aromatic carbocycles. The third kappa shape index (κ3) is 3.30. The van der Waals surface area contributed by atoms with Crippen LogP contribution in [0.4, 0.5) is 5.69 Å². The molecule has 4 aromatic rings. The van der Waals surface area contributed by atoms with Gasteiger partial charge in [0.25, 0.3) is 5.91 Å². The summed E-state index contributed by atoms with van der Waals surface area (Å²) in [6.45, 7) is 1.83. The Morgan fingerprint density at radius 3 is 2.79 bits per heavy atom. The number of ether oxygens (including phenoxy) is 1. The average molecular weight is 393 g/mol. The number of carbonyl (C=O) groups is 1. The van der Waals surface area contributed by atoms with E-state index in [-0.39, 0.29) is 5.91 Å². The van der Waals surface area contributed by atoms with Gasteiger partial charge in [0.2, 0.25) is 0 Å². The number of anilines is 1. The minimum Gasteiger partial charge on any atom is -0.495 e. The summed E-state index contributed by atoms with van der Waals surface area (Å²) in [7, 11) is 1.54. The number of nitrogens with zero attached hydrogens (tertiary/aromatic N) is 3. The summed E-state index contributed by atoms with van der Waals surface area (Å²) >= 11 is 6.03. The Morgan fingerprint density at radius 1 is 1.14 bits per heavy atom. The SMILES string of the molecule is COc1ccc(Cl)cc1NC(=O)c1cnn(-c2ccc3ccccc3n2)c1C. The lowest BCUT2D eigenvalue weighted by Crippen LogP contribution is -2.14. The van der Waals surface area contributed by atoms with Crippen molar-refractivity contribution >= 4 is 34.1 Å². The number of nitrogens with one attached hydrogen (secondary N) is 1. The zero-order valence-electron chi connectivity index (χ0n) is 15.3. The molecule has 0 aliphatic heterocycles. The van der Waals surface area contributed by atoms with Gasteiger partial charge in [-0.1, -0.05) is 29.8 Å². The molecule has 0 aliphatic rings. The summed E-state index contributed by atoms with van der Waals surface area (Å²) in [4.78, 5) is 17.4. The Kier molecular flexibility index (Phi) is 4.71. The van der Waals surface area contributed by atoms with Crippen LogP contribution < -0.4 is 10.1 Å². The van der Waals surface area contributed by atoms with Gasteiger partial charge in [-0.25, -0.2) is 9.67 Å². The van der Waals surface area contributed by atoms with E-state index in [0.717, 1.165) is 10.9 Å². The number of aromatic nitrogens is 3. The van der Waals surface area contributed by atoms with Crippen molar-refractivity contribution in [2.75, 3.05) is 12.4 Å². The number of rotatable bonds is 4. The maximum Gasteiger partial charge on any atom is 0.259 e. The van der Waals surface area contributed by atoms with Gasteiger partial charge in [-0.2, -0.15) is 5.10 Å². The standard InChI is InChI=1S/C21H17ClN4O2/c1-13-16(21(27)25-18-11-15(22)8-9-19(18)28-2)12-23-26(13)20-10-7-14-5-3-4-6-17(14)24-20/h3-12H,1-2H3,(H,25,27). The Morgan fingerprint density at radius 2 is 1.96 bits per heavy atom. The van der Waals surface area contributed by atoms with Crippen LogP contribution in [0.3, 0.4) is 0 Å². The number of benzene rings is 2. The molecule has 6 nitrogen and oxygen atoms in total. The summed E-state index contributed by atoms with van der Waals surface area (Å²) in [5, 5.41) is 8.73. The summed E-state index contributed by atoms with van der Waals surface area (Å²) in [5.74, 6) is 0.875. The van der Waals surface area contributed by atoms with E-state index in [9.17, 15) is 4.79 Å². The minimum absolute atomic E-state index is 0.301. The Labute approximate surface area is 166 Å². The van der Waals surface area contributed by atoms with Crippen LogP contribution in [0.2, 0.25) is 5.02 Å². The van der Waals surface area contributed by atoms with Gasteiger partial charge in [0.05, 0.1) is 35.8 Å². The molecule has 4 rings (SSSR count). The molecule has 0 saturated heterocycles. The number of hydrogen-bond acceptors (Lipinski definition) is 4. The molecule has 0 radical (unpaired) electrons. The lowest BCUT2D eigenvalue weighted by atomic mass is 10.2. The lowest BCUT2D eigenvalue weighted by molar-refractivity contribution is 0.102. The van der Waals surface area contributed by atoms with E-state index >= 15 is 0 Å². The van der Waals surface area contributed by atoms with Gasteiger partial charge in [-0.3, -0.25) is 4.79 Å². The zero-order chi connectivity index (χ0) is 19.7. The number of halogens is 1. The van der Waals surface area contributed by atoms with Gasteiger partial charge in [0.15, 0.2) is 5.82 Å². The fourth-order valence-electron chi connectivity index (χ4n) is 3.00. The molecule has 0 unspecified atom stereocenters. The van der Waals surface area contributed by atoms with Gasteiger partial charge >= 0.3 is 0 Å². The molecule has 0 spiro atoms. The first-order chi connectivity index (χ1) is 13.6. The second kappa shape index (κ2) is 7.32. The molecule has 0 fully saturated rings. The molecule has 7 heteroatoms. The number of amides is 1. The fraction of sp³-hybridized carbons (Fsp3) is 0.0952. The van der Waals surface area contributed by atoms with E-state index in [1.807, 2.05) is 43.3 Å². The molecule has 0 saturated carbocycles. The molecule has 0 aliphatic carbocycles. The summed E-state index contributed by atoms with van der Waals surface area (Å²) in [6.07, 6.45) is 1.53. The van der Waals surface area contributed by atoms with Crippen LogP contribution in [-0.2, 0) is 0 Å². The summed E-state index contributed by atoms with van der Waals surface area (Å²) < 4.78 is 6.93. The van der Waals surface area contributed by atoms with E-state index in [1.54, 1.807) is 22.9 Å². The van der Waals surface area contributed by atoms with Crippen LogP contribution in [0.15, 0.2) is 60.8 Å². The van der Waals surface area contributed by atoms with Crippen LogP contribution in [0.5, 0.6) is 5.75 Å². The largest absolute Gasteiger partial charge is 0.495 e. The van der Waals surface area contributed by atoms with Crippen molar-refractivity contribution in [1.29, 1.82) is 0 Å². The highest BCUT2D eigenvalue weighted by Gasteiger charge is 2.17. The van der Waals surface area contributed by atoms with Crippen LogP contribution in [-0.4, -0.2) is 27.8 Å². The second-order valence-electron chi connectivity index (χ2n) is 6.22. The molecule has 2 aromatic heterocycles. The maximum absolute atomic E-state index is 12.8. The van der Waals surface area contributed by atoms with E-state index in [0.29, 0.717) is 33.5 Å². The normalized spacial score (nSPS) is 10.8. The number of carbonyl (C=O) groups excluding carboxylic acids is 1. The van der Waals surface area contributed by atoms with Gasteiger partial charge < -0.3 is 10.1 Å². The highest BCUT2D eigenvalue weighted by Crippen LogP contribution is 2.28. The lowest BCUT2D eigenvalue weighted by Gasteiger charge is -2.10.